The van der Waals surface area contributed by atoms with Crippen LogP contribution in [0, 0.1) is 11.8 Å². The van der Waals surface area contributed by atoms with E-state index < -0.39 is 36.6 Å². The van der Waals surface area contributed by atoms with Crippen LogP contribution in [0.1, 0.15) is 34.1 Å². The zero-order chi connectivity index (χ0) is 15.7. The average Bonchev–Trinajstić information content (AvgIpc) is 2.30. The van der Waals surface area contributed by atoms with Gasteiger partial charge >= 0.3 is 6.18 Å². The van der Waals surface area contributed by atoms with Crippen molar-refractivity contribution in [2.75, 3.05) is 6.54 Å². The minimum absolute atomic E-state index is 0.250. The van der Waals surface area contributed by atoms with E-state index in [1.807, 2.05) is 0 Å². The Balaban J connectivity index is 3.10. The first kappa shape index (κ1) is 16.8. The van der Waals surface area contributed by atoms with E-state index in [4.69, 9.17) is 0 Å². The Bertz CT molecular complexity index is 382. The van der Waals surface area contributed by atoms with Gasteiger partial charge in [0.1, 0.15) is 18.6 Å². The quantitative estimate of drug-likeness (QED) is 0.861. The summed E-state index contributed by atoms with van der Waals surface area (Å²) in [7, 11) is 0. The molecule has 1 saturated heterocycles. The Labute approximate surface area is 116 Å². The molecule has 3 atom stereocenters. The maximum atomic E-state index is 12.7. The van der Waals surface area contributed by atoms with Crippen molar-refractivity contribution >= 4 is 11.8 Å². The standard InChI is InChI=1S/C13H21F3N2O2/c1-5-8(4)10-11(19)17-9(7(2)3)12(20)18(10)6-13(14,15)16/h7-10H,5-6H2,1-4H3,(H,17,19). The molecular weight excluding hydrogens is 273 g/mol. The van der Waals surface area contributed by atoms with Crippen LogP contribution in [0.25, 0.3) is 0 Å². The second-order valence-electron chi connectivity index (χ2n) is 5.64. The molecule has 1 heterocycles. The first-order chi connectivity index (χ1) is 9.08. The molecule has 0 radical (unpaired) electrons. The van der Waals surface area contributed by atoms with E-state index in [1.54, 1.807) is 27.7 Å². The lowest BCUT2D eigenvalue weighted by Gasteiger charge is -2.42. The van der Waals surface area contributed by atoms with Gasteiger partial charge in [-0.1, -0.05) is 34.1 Å². The predicted octanol–water partition coefficient (Wildman–Crippen LogP) is 1.95. The van der Waals surface area contributed by atoms with Crippen LogP contribution >= 0.6 is 0 Å². The Kier molecular flexibility index (Phi) is 5.05. The molecule has 1 aliphatic rings. The molecule has 4 nitrogen and oxygen atoms in total. The Morgan fingerprint density at radius 1 is 1.25 bits per heavy atom. The van der Waals surface area contributed by atoms with Gasteiger partial charge < -0.3 is 10.2 Å². The summed E-state index contributed by atoms with van der Waals surface area (Å²) >= 11 is 0. The molecule has 1 aliphatic heterocycles. The van der Waals surface area contributed by atoms with Crippen molar-refractivity contribution < 1.29 is 22.8 Å². The van der Waals surface area contributed by atoms with Crippen LogP contribution in [0.3, 0.4) is 0 Å². The van der Waals surface area contributed by atoms with Crippen molar-refractivity contribution in [3.8, 4) is 0 Å². The Morgan fingerprint density at radius 3 is 2.20 bits per heavy atom. The van der Waals surface area contributed by atoms with E-state index >= 15 is 0 Å². The molecule has 0 aromatic carbocycles. The number of hydrogen-bond acceptors (Lipinski definition) is 2. The van der Waals surface area contributed by atoms with Gasteiger partial charge in [-0.25, -0.2) is 0 Å². The molecule has 116 valence electrons. The summed E-state index contributed by atoms with van der Waals surface area (Å²) in [5.74, 6) is -1.72. The van der Waals surface area contributed by atoms with Gasteiger partial charge in [0, 0.05) is 0 Å². The van der Waals surface area contributed by atoms with Crippen molar-refractivity contribution in [1.29, 1.82) is 0 Å². The van der Waals surface area contributed by atoms with Gasteiger partial charge in [0.05, 0.1) is 0 Å². The number of carbonyl (C=O) groups is 2. The van der Waals surface area contributed by atoms with E-state index in [1.165, 1.54) is 0 Å². The van der Waals surface area contributed by atoms with Gasteiger partial charge in [-0.2, -0.15) is 13.2 Å². The Morgan fingerprint density at radius 2 is 1.80 bits per heavy atom. The van der Waals surface area contributed by atoms with Crippen LogP contribution in [-0.2, 0) is 9.59 Å². The van der Waals surface area contributed by atoms with Gasteiger partial charge in [-0.15, -0.1) is 0 Å². The van der Waals surface area contributed by atoms with Gasteiger partial charge in [-0.3, -0.25) is 9.59 Å². The van der Waals surface area contributed by atoms with Crippen molar-refractivity contribution in [1.82, 2.24) is 10.2 Å². The minimum Gasteiger partial charge on any atom is -0.342 e. The van der Waals surface area contributed by atoms with Crippen LogP contribution in [0.4, 0.5) is 13.2 Å². The van der Waals surface area contributed by atoms with E-state index in [0.717, 1.165) is 0 Å². The summed E-state index contributed by atoms with van der Waals surface area (Å²) in [6, 6.07) is -1.94. The molecule has 0 aromatic rings. The number of alkyl halides is 3. The maximum absolute atomic E-state index is 12.7. The highest BCUT2D eigenvalue weighted by molar-refractivity contribution is 5.97. The van der Waals surface area contributed by atoms with Crippen LogP contribution in [0.2, 0.25) is 0 Å². The fourth-order valence-electron chi connectivity index (χ4n) is 2.37. The molecule has 1 fully saturated rings. The zero-order valence-electron chi connectivity index (χ0n) is 12.1. The number of rotatable bonds is 4. The highest BCUT2D eigenvalue weighted by Crippen LogP contribution is 2.26. The van der Waals surface area contributed by atoms with Crippen LogP contribution in [-0.4, -0.2) is 41.5 Å². The molecule has 7 heteroatoms. The molecule has 2 amide bonds. The fourth-order valence-corrected chi connectivity index (χ4v) is 2.37. The first-order valence-electron chi connectivity index (χ1n) is 6.76. The molecule has 0 spiro atoms. The highest BCUT2D eigenvalue weighted by atomic mass is 19.4. The monoisotopic (exact) mass is 294 g/mol. The molecule has 0 saturated carbocycles. The lowest BCUT2D eigenvalue weighted by Crippen LogP contribution is -2.67. The third-order valence-electron chi connectivity index (χ3n) is 3.65. The van der Waals surface area contributed by atoms with Crippen molar-refractivity contribution in [2.24, 2.45) is 11.8 Å². The minimum atomic E-state index is -4.51. The van der Waals surface area contributed by atoms with E-state index in [-0.39, 0.29) is 11.8 Å². The molecule has 3 unspecified atom stereocenters. The SMILES string of the molecule is CCC(C)C1C(=O)NC(C(C)C)C(=O)N1CC(F)(F)F. The van der Waals surface area contributed by atoms with E-state index in [0.29, 0.717) is 11.3 Å². The molecule has 0 bridgehead atoms. The second-order valence-corrected chi connectivity index (χ2v) is 5.64. The average molecular weight is 294 g/mol. The van der Waals surface area contributed by atoms with E-state index in [2.05, 4.69) is 5.32 Å². The lowest BCUT2D eigenvalue weighted by atomic mass is 9.90. The number of carbonyl (C=O) groups excluding carboxylic acids is 2. The van der Waals surface area contributed by atoms with Crippen molar-refractivity contribution in [2.45, 2.75) is 52.4 Å². The van der Waals surface area contributed by atoms with Gasteiger partial charge in [0.25, 0.3) is 0 Å². The van der Waals surface area contributed by atoms with Crippen LogP contribution < -0.4 is 5.32 Å². The molecule has 1 N–H and O–H groups in total. The summed E-state index contributed by atoms with van der Waals surface area (Å²) in [6.07, 6.45) is -3.99. The second kappa shape index (κ2) is 6.01. The third kappa shape index (κ3) is 3.64. The number of nitrogens with zero attached hydrogens (tertiary/aromatic N) is 1. The normalized spacial score (nSPS) is 25.9. The lowest BCUT2D eigenvalue weighted by molar-refractivity contribution is -0.177. The molecule has 20 heavy (non-hydrogen) atoms. The number of hydrogen-bond donors (Lipinski definition) is 1. The van der Waals surface area contributed by atoms with E-state index in [9.17, 15) is 22.8 Å². The fraction of sp³-hybridized carbons (Fsp3) is 0.846. The van der Waals surface area contributed by atoms with Gasteiger partial charge in [0.2, 0.25) is 11.8 Å². The Hall–Kier alpha value is -1.27. The largest absolute Gasteiger partial charge is 0.406 e. The number of nitrogens with one attached hydrogen (secondary N) is 1. The number of amides is 2. The number of halogens is 3. The summed E-state index contributed by atoms with van der Waals surface area (Å²) in [5, 5.41) is 2.55. The van der Waals surface area contributed by atoms with Crippen molar-refractivity contribution in [3.05, 3.63) is 0 Å². The molecule has 0 aromatic heterocycles. The number of piperazine rings is 1. The first-order valence-corrected chi connectivity index (χ1v) is 6.76. The highest BCUT2D eigenvalue weighted by Gasteiger charge is 2.47. The molecular formula is C13H21F3N2O2. The smallest absolute Gasteiger partial charge is 0.342 e. The van der Waals surface area contributed by atoms with Crippen molar-refractivity contribution in [3.63, 3.8) is 0 Å². The van der Waals surface area contributed by atoms with Crippen LogP contribution in [0.5, 0.6) is 0 Å². The molecule has 1 rings (SSSR count). The summed E-state index contributed by atoms with van der Waals surface area (Å²) in [4.78, 5) is 25.0. The zero-order valence-corrected chi connectivity index (χ0v) is 12.1. The maximum Gasteiger partial charge on any atom is 0.406 e. The summed E-state index contributed by atoms with van der Waals surface area (Å²) < 4.78 is 38.1. The van der Waals surface area contributed by atoms with Gasteiger partial charge in [-0.05, 0) is 11.8 Å². The summed E-state index contributed by atoms with van der Waals surface area (Å²) in [5.41, 5.74) is 0. The third-order valence-corrected chi connectivity index (χ3v) is 3.65. The predicted molar refractivity (Wildman–Crippen MR) is 67.8 cm³/mol. The van der Waals surface area contributed by atoms with Crippen LogP contribution in [0.15, 0.2) is 0 Å². The van der Waals surface area contributed by atoms with Gasteiger partial charge in [0.15, 0.2) is 0 Å². The summed E-state index contributed by atoms with van der Waals surface area (Å²) in [6.45, 7) is 5.47. The topological polar surface area (TPSA) is 49.4 Å². The molecule has 0 aliphatic carbocycles.